The molecule has 0 aliphatic heterocycles. The number of para-hydroxylation sites is 1. The first-order valence-corrected chi connectivity index (χ1v) is 9.83. The summed E-state index contributed by atoms with van der Waals surface area (Å²) < 4.78 is 0. The Labute approximate surface area is 162 Å². The van der Waals surface area contributed by atoms with Crippen LogP contribution < -0.4 is 10.9 Å². The summed E-state index contributed by atoms with van der Waals surface area (Å²) in [6, 6.07) is 9.21. The van der Waals surface area contributed by atoms with Crippen molar-refractivity contribution in [3.63, 3.8) is 0 Å². The molecule has 0 saturated heterocycles. The molecule has 1 atom stereocenters. The monoisotopic (exact) mass is 381 g/mol. The Bertz CT molecular complexity index is 1030. The lowest BCUT2D eigenvalue weighted by molar-refractivity contribution is -0.117. The minimum atomic E-state index is -0.235. The number of nitrogens with one attached hydrogen (secondary N) is 2. The number of aromatic nitrogens is 2. The van der Waals surface area contributed by atoms with E-state index in [-0.39, 0.29) is 17.5 Å². The fraction of sp³-hybridized carbons (Fsp3) is 0.286. The minimum Gasteiger partial charge on any atom is -0.343 e. The zero-order valence-electron chi connectivity index (χ0n) is 15.7. The SMILES string of the molecule is Cc1csc(C(CC(C)C)NC(=O)/C=C/c2cc3ccccc3[nH]c2=O)n1. The van der Waals surface area contributed by atoms with Crippen LogP contribution in [0, 0.1) is 12.8 Å². The lowest BCUT2D eigenvalue weighted by Crippen LogP contribution is -2.28. The third-order valence-corrected chi connectivity index (χ3v) is 5.23. The van der Waals surface area contributed by atoms with Crippen molar-refractivity contribution in [1.82, 2.24) is 15.3 Å². The second kappa shape index (κ2) is 8.31. The van der Waals surface area contributed by atoms with E-state index in [4.69, 9.17) is 0 Å². The molecule has 0 radical (unpaired) electrons. The average Bonchev–Trinajstić information content (AvgIpc) is 3.05. The van der Waals surface area contributed by atoms with Crippen molar-refractivity contribution >= 4 is 34.2 Å². The number of amides is 1. The van der Waals surface area contributed by atoms with E-state index in [1.165, 1.54) is 6.08 Å². The maximum Gasteiger partial charge on any atom is 0.255 e. The fourth-order valence-corrected chi connectivity index (χ4v) is 3.76. The molecule has 0 fully saturated rings. The maximum absolute atomic E-state index is 12.4. The van der Waals surface area contributed by atoms with Gasteiger partial charge in [-0.15, -0.1) is 11.3 Å². The molecule has 6 heteroatoms. The van der Waals surface area contributed by atoms with Crippen LogP contribution in [0.15, 0.2) is 46.6 Å². The molecular weight excluding hydrogens is 358 g/mol. The molecule has 0 aliphatic rings. The van der Waals surface area contributed by atoms with E-state index in [1.54, 1.807) is 23.5 Å². The van der Waals surface area contributed by atoms with E-state index in [9.17, 15) is 9.59 Å². The Morgan fingerprint density at radius 1 is 1.33 bits per heavy atom. The molecule has 5 nitrogen and oxygen atoms in total. The summed E-state index contributed by atoms with van der Waals surface area (Å²) in [5.74, 6) is 0.188. The molecular formula is C21H23N3O2S. The van der Waals surface area contributed by atoms with Crippen LogP contribution in [-0.2, 0) is 4.79 Å². The number of fused-ring (bicyclic) bond motifs is 1. The molecule has 1 unspecified atom stereocenters. The molecule has 0 bridgehead atoms. The summed E-state index contributed by atoms with van der Waals surface area (Å²) in [5, 5.41) is 6.83. The van der Waals surface area contributed by atoms with Gasteiger partial charge in [-0.05, 0) is 42.9 Å². The van der Waals surface area contributed by atoms with Gasteiger partial charge in [-0.2, -0.15) is 0 Å². The number of aromatic amines is 1. The van der Waals surface area contributed by atoms with Gasteiger partial charge in [0.1, 0.15) is 5.01 Å². The number of thiazole rings is 1. The molecule has 2 N–H and O–H groups in total. The van der Waals surface area contributed by atoms with E-state index in [0.717, 1.165) is 28.0 Å². The van der Waals surface area contributed by atoms with Gasteiger partial charge in [-0.3, -0.25) is 9.59 Å². The topological polar surface area (TPSA) is 74.8 Å². The zero-order valence-corrected chi connectivity index (χ0v) is 16.5. The van der Waals surface area contributed by atoms with Crippen LogP contribution in [0.5, 0.6) is 0 Å². The number of pyridine rings is 1. The van der Waals surface area contributed by atoms with Crippen molar-refractivity contribution < 1.29 is 4.79 Å². The first kappa shape index (κ1) is 19.0. The quantitative estimate of drug-likeness (QED) is 0.628. The summed E-state index contributed by atoms with van der Waals surface area (Å²) in [4.78, 5) is 32.0. The van der Waals surface area contributed by atoms with Crippen molar-refractivity contribution in [2.24, 2.45) is 5.92 Å². The van der Waals surface area contributed by atoms with Crippen LogP contribution in [0.4, 0.5) is 0 Å². The number of aryl methyl sites for hydroxylation is 1. The minimum absolute atomic E-state index is 0.129. The second-order valence-electron chi connectivity index (χ2n) is 6.99. The van der Waals surface area contributed by atoms with Gasteiger partial charge in [0.25, 0.3) is 5.56 Å². The first-order valence-electron chi connectivity index (χ1n) is 8.95. The molecule has 27 heavy (non-hydrogen) atoms. The van der Waals surface area contributed by atoms with Gasteiger partial charge in [0, 0.05) is 28.2 Å². The predicted molar refractivity (Wildman–Crippen MR) is 111 cm³/mol. The van der Waals surface area contributed by atoms with Gasteiger partial charge in [0.05, 0.1) is 6.04 Å². The number of H-pyrrole nitrogens is 1. The Hall–Kier alpha value is -2.73. The predicted octanol–water partition coefficient (Wildman–Crippen LogP) is 4.21. The van der Waals surface area contributed by atoms with Gasteiger partial charge < -0.3 is 10.3 Å². The number of carbonyl (C=O) groups is 1. The van der Waals surface area contributed by atoms with Crippen LogP contribution in [0.1, 0.15) is 42.6 Å². The number of rotatable bonds is 6. The van der Waals surface area contributed by atoms with Crippen molar-refractivity contribution in [2.75, 3.05) is 0 Å². The molecule has 3 rings (SSSR count). The molecule has 140 valence electrons. The van der Waals surface area contributed by atoms with E-state index in [2.05, 4.69) is 29.1 Å². The zero-order chi connectivity index (χ0) is 19.4. The van der Waals surface area contributed by atoms with Gasteiger partial charge in [0.2, 0.25) is 5.91 Å². The molecule has 1 aromatic carbocycles. The Kier molecular flexibility index (Phi) is 5.86. The number of hydrogen-bond donors (Lipinski definition) is 2. The van der Waals surface area contributed by atoms with Gasteiger partial charge >= 0.3 is 0 Å². The van der Waals surface area contributed by atoms with Crippen molar-refractivity contribution in [2.45, 2.75) is 33.2 Å². The third-order valence-electron chi connectivity index (χ3n) is 4.15. The standard InChI is InChI=1S/C21H23N3O2S/c1-13(2)10-18(21-22-14(3)12-27-21)23-19(25)9-8-16-11-15-6-4-5-7-17(15)24-20(16)26/h4-9,11-13,18H,10H2,1-3H3,(H,23,25)(H,24,26)/b9-8+. The smallest absolute Gasteiger partial charge is 0.255 e. The summed E-state index contributed by atoms with van der Waals surface area (Å²) in [7, 11) is 0. The van der Waals surface area contributed by atoms with Crippen LogP contribution >= 0.6 is 11.3 Å². The fourth-order valence-electron chi connectivity index (χ4n) is 2.90. The van der Waals surface area contributed by atoms with E-state index in [1.807, 2.05) is 36.6 Å². The van der Waals surface area contributed by atoms with Crippen molar-refractivity contribution in [3.8, 4) is 0 Å². The highest BCUT2D eigenvalue weighted by molar-refractivity contribution is 7.09. The summed E-state index contributed by atoms with van der Waals surface area (Å²) in [6.45, 7) is 6.17. The van der Waals surface area contributed by atoms with Gasteiger partial charge in [0.15, 0.2) is 0 Å². The highest BCUT2D eigenvalue weighted by atomic mass is 32.1. The number of carbonyl (C=O) groups excluding carboxylic acids is 1. The second-order valence-corrected chi connectivity index (χ2v) is 7.88. The van der Waals surface area contributed by atoms with E-state index in [0.29, 0.717) is 11.5 Å². The Morgan fingerprint density at radius 3 is 2.81 bits per heavy atom. The number of nitrogens with zero attached hydrogens (tertiary/aromatic N) is 1. The normalized spacial score (nSPS) is 12.7. The average molecular weight is 382 g/mol. The van der Waals surface area contributed by atoms with E-state index < -0.39 is 0 Å². The molecule has 0 saturated carbocycles. The molecule has 0 spiro atoms. The molecule has 0 aliphatic carbocycles. The van der Waals surface area contributed by atoms with Gasteiger partial charge in [-0.1, -0.05) is 32.0 Å². The van der Waals surface area contributed by atoms with Crippen LogP contribution in [0.2, 0.25) is 0 Å². The van der Waals surface area contributed by atoms with Crippen LogP contribution in [0.3, 0.4) is 0 Å². The molecule has 3 aromatic rings. The van der Waals surface area contributed by atoms with Crippen LogP contribution in [0.25, 0.3) is 17.0 Å². The van der Waals surface area contributed by atoms with Crippen LogP contribution in [-0.4, -0.2) is 15.9 Å². The molecule has 1 amide bonds. The van der Waals surface area contributed by atoms with Gasteiger partial charge in [-0.25, -0.2) is 4.98 Å². The lowest BCUT2D eigenvalue weighted by Gasteiger charge is -2.17. The highest BCUT2D eigenvalue weighted by Gasteiger charge is 2.18. The third kappa shape index (κ3) is 4.92. The highest BCUT2D eigenvalue weighted by Crippen LogP contribution is 2.24. The number of benzene rings is 1. The Morgan fingerprint density at radius 2 is 2.11 bits per heavy atom. The largest absolute Gasteiger partial charge is 0.343 e. The van der Waals surface area contributed by atoms with Crippen molar-refractivity contribution in [1.29, 1.82) is 0 Å². The summed E-state index contributed by atoms with van der Waals surface area (Å²) in [5.41, 5.74) is 1.97. The lowest BCUT2D eigenvalue weighted by atomic mass is 10.0. The molecule has 2 aromatic heterocycles. The van der Waals surface area contributed by atoms with E-state index >= 15 is 0 Å². The first-order chi connectivity index (χ1) is 12.9. The summed E-state index contributed by atoms with van der Waals surface area (Å²) >= 11 is 1.56. The number of hydrogen-bond acceptors (Lipinski definition) is 4. The summed E-state index contributed by atoms with van der Waals surface area (Å²) in [6.07, 6.45) is 3.77. The molecule has 2 heterocycles. The maximum atomic E-state index is 12.4. The Balaban J connectivity index is 1.77. The van der Waals surface area contributed by atoms with Crippen molar-refractivity contribution in [3.05, 3.63) is 68.4 Å².